The lowest BCUT2D eigenvalue weighted by molar-refractivity contribution is 0.423. The van der Waals surface area contributed by atoms with Gasteiger partial charge in [-0.25, -0.2) is 13.4 Å². The Labute approximate surface area is 195 Å². The minimum Gasteiger partial charge on any atom is -0.507 e. The minimum atomic E-state index is -3.76. The van der Waals surface area contributed by atoms with Crippen molar-refractivity contribution in [3.63, 3.8) is 0 Å². The zero-order valence-corrected chi connectivity index (χ0v) is 20.6. The number of azo groups is 1. The van der Waals surface area contributed by atoms with Crippen molar-refractivity contribution in [3.8, 4) is 5.75 Å². The van der Waals surface area contributed by atoms with Gasteiger partial charge in [-0.2, -0.15) is 10.2 Å². The van der Waals surface area contributed by atoms with Gasteiger partial charge in [0.25, 0.3) is 10.0 Å². The van der Waals surface area contributed by atoms with Crippen LogP contribution in [0, 0.1) is 0 Å². The summed E-state index contributed by atoms with van der Waals surface area (Å²) < 4.78 is 27.6. The number of phenols is 1. The number of sulfonamides is 1. The topological polar surface area (TPSA) is 104 Å². The monoisotopic (exact) mass is 466 g/mol. The highest BCUT2D eigenvalue weighted by Crippen LogP contribution is 2.42. The highest BCUT2D eigenvalue weighted by atomic mass is 32.2. The Hall–Kier alpha value is -3.26. The number of nitrogens with zero attached hydrogens (tertiary/aromatic N) is 3. The first-order valence-electron chi connectivity index (χ1n) is 10.6. The average molecular weight is 467 g/mol. The van der Waals surface area contributed by atoms with Crippen molar-refractivity contribution in [1.82, 2.24) is 4.98 Å². The molecule has 0 spiro atoms. The Balaban J connectivity index is 1.88. The Kier molecular flexibility index (Phi) is 6.61. The lowest BCUT2D eigenvalue weighted by atomic mass is 9.79. The summed E-state index contributed by atoms with van der Waals surface area (Å²) >= 11 is 0. The summed E-state index contributed by atoms with van der Waals surface area (Å²) in [6, 6.07) is 14.8. The van der Waals surface area contributed by atoms with Gasteiger partial charge in [-0.15, -0.1) is 0 Å². The molecule has 8 heteroatoms. The number of aromatic hydroxyl groups is 1. The van der Waals surface area contributed by atoms with E-state index in [1.165, 1.54) is 18.3 Å². The Morgan fingerprint density at radius 2 is 1.36 bits per heavy atom. The molecule has 33 heavy (non-hydrogen) atoms. The summed E-state index contributed by atoms with van der Waals surface area (Å²) in [6.45, 7) is 12.2. The number of anilines is 1. The van der Waals surface area contributed by atoms with E-state index in [9.17, 15) is 13.5 Å². The second kappa shape index (κ2) is 8.94. The molecule has 0 aliphatic heterocycles. The molecule has 7 nitrogen and oxygen atoms in total. The van der Waals surface area contributed by atoms with E-state index in [2.05, 4.69) is 19.9 Å². The van der Waals surface area contributed by atoms with Gasteiger partial charge in [0.15, 0.2) is 0 Å². The quantitative estimate of drug-likeness (QED) is 0.413. The maximum Gasteiger partial charge on any atom is 0.263 e. The van der Waals surface area contributed by atoms with Gasteiger partial charge in [0, 0.05) is 17.3 Å². The van der Waals surface area contributed by atoms with Gasteiger partial charge in [0.1, 0.15) is 11.6 Å². The molecule has 0 amide bonds. The molecule has 2 aromatic carbocycles. The van der Waals surface area contributed by atoms with Crippen molar-refractivity contribution in [2.75, 3.05) is 4.72 Å². The van der Waals surface area contributed by atoms with Crippen LogP contribution in [0.2, 0.25) is 0 Å². The molecule has 3 aromatic rings. The Morgan fingerprint density at radius 1 is 0.818 bits per heavy atom. The molecule has 1 heterocycles. The number of nitrogens with one attached hydrogen (secondary N) is 1. The molecular weight excluding hydrogens is 436 g/mol. The van der Waals surface area contributed by atoms with Gasteiger partial charge in [0.2, 0.25) is 0 Å². The predicted octanol–water partition coefficient (Wildman–Crippen LogP) is 6.60. The van der Waals surface area contributed by atoms with Crippen LogP contribution in [0.15, 0.2) is 75.9 Å². The molecular formula is C25H30N4O3S. The van der Waals surface area contributed by atoms with E-state index in [0.717, 1.165) is 11.1 Å². The third kappa shape index (κ3) is 5.96. The Bertz CT molecular complexity index is 1220. The summed E-state index contributed by atoms with van der Waals surface area (Å²) in [5, 5.41) is 19.5. The van der Waals surface area contributed by atoms with Crippen LogP contribution in [0.3, 0.4) is 0 Å². The maximum atomic E-state index is 12.6. The third-order valence-corrected chi connectivity index (χ3v) is 6.41. The lowest BCUT2D eigenvalue weighted by Crippen LogP contribution is -2.16. The molecule has 0 aliphatic rings. The van der Waals surface area contributed by atoms with Crippen LogP contribution in [-0.2, 0) is 20.9 Å². The van der Waals surface area contributed by atoms with Gasteiger partial charge in [-0.3, -0.25) is 4.72 Å². The second-order valence-corrected chi connectivity index (χ2v) is 11.6. The Morgan fingerprint density at radius 3 is 1.85 bits per heavy atom. The normalized spacial score (nSPS) is 12.8. The van der Waals surface area contributed by atoms with E-state index in [-0.39, 0.29) is 27.3 Å². The highest BCUT2D eigenvalue weighted by molar-refractivity contribution is 7.92. The molecule has 2 N–H and O–H groups in total. The van der Waals surface area contributed by atoms with Crippen LogP contribution in [0.4, 0.5) is 17.2 Å². The molecule has 1 aromatic heterocycles. The van der Waals surface area contributed by atoms with Crippen molar-refractivity contribution < 1.29 is 13.5 Å². The molecule has 0 aliphatic carbocycles. The van der Waals surface area contributed by atoms with Gasteiger partial charge < -0.3 is 5.11 Å². The SMILES string of the molecule is CC(C)(C)c1cc(N=Nc2ccc(S(=O)(=O)Nc3ccccn3)cc2)cc(C(C)(C)C)c1O. The summed E-state index contributed by atoms with van der Waals surface area (Å²) in [7, 11) is -3.76. The number of benzene rings is 2. The van der Waals surface area contributed by atoms with E-state index in [0.29, 0.717) is 11.4 Å². The number of phenolic OH excluding ortho intramolecular Hbond substituents is 1. The fourth-order valence-corrected chi connectivity index (χ4v) is 4.26. The fourth-order valence-electron chi connectivity index (χ4n) is 3.25. The zero-order chi connectivity index (χ0) is 24.4. The maximum absolute atomic E-state index is 12.6. The molecule has 0 radical (unpaired) electrons. The van der Waals surface area contributed by atoms with E-state index < -0.39 is 10.0 Å². The standard InChI is InChI=1S/C25H30N4O3S/c1-24(2,3)20-15-18(16-21(23(20)30)25(4,5)6)28-27-17-10-12-19(13-11-17)33(31,32)29-22-9-7-8-14-26-22/h7-16,30H,1-6H3,(H,26,29). The van der Waals surface area contributed by atoms with Crippen LogP contribution < -0.4 is 4.72 Å². The van der Waals surface area contributed by atoms with Gasteiger partial charge >= 0.3 is 0 Å². The van der Waals surface area contributed by atoms with E-state index >= 15 is 0 Å². The molecule has 0 fully saturated rings. The summed E-state index contributed by atoms with van der Waals surface area (Å²) in [6.07, 6.45) is 1.51. The minimum absolute atomic E-state index is 0.0989. The number of pyridine rings is 1. The first-order valence-corrected chi connectivity index (χ1v) is 12.1. The summed E-state index contributed by atoms with van der Waals surface area (Å²) in [4.78, 5) is 4.08. The first kappa shape index (κ1) is 24.4. The van der Waals surface area contributed by atoms with Gasteiger partial charge in [-0.05, 0) is 59.4 Å². The highest BCUT2D eigenvalue weighted by Gasteiger charge is 2.26. The van der Waals surface area contributed by atoms with Crippen molar-refractivity contribution in [3.05, 3.63) is 71.9 Å². The summed E-state index contributed by atoms with van der Waals surface area (Å²) in [5.74, 6) is 0.529. The predicted molar refractivity (Wildman–Crippen MR) is 131 cm³/mol. The van der Waals surface area contributed by atoms with Crippen LogP contribution in [0.1, 0.15) is 52.7 Å². The van der Waals surface area contributed by atoms with Crippen LogP contribution in [0.5, 0.6) is 5.75 Å². The molecule has 3 rings (SSSR count). The number of hydrogen-bond donors (Lipinski definition) is 2. The molecule has 0 saturated carbocycles. The smallest absolute Gasteiger partial charge is 0.263 e. The first-order chi connectivity index (χ1) is 15.3. The fraction of sp³-hybridized carbons (Fsp3) is 0.320. The van der Waals surface area contributed by atoms with E-state index in [1.807, 2.05) is 53.7 Å². The zero-order valence-electron chi connectivity index (χ0n) is 19.8. The molecule has 174 valence electrons. The molecule has 0 unspecified atom stereocenters. The van der Waals surface area contributed by atoms with E-state index in [1.54, 1.807) is 30.3 Å². The van der Waals surface area contributed by atoms with Crippen LogP contribution in [0.25, 0.3) is 0 Å². The van der Waals surface area contributed by atoms with Crippen molar-refractivity contribution in [2.45, 2.75) is 57.3 Å². The number of aromatic nitrogens is 1. The van der Waals surface area contributed by atoms with E-state index in [4.69, 9.17) is 0 Å². The van der Waals surface area contributed by atoms with Crippen molar-refractivity contribution >= 4 is 27.2 Å². The number of hydrogen-bond acceptors (Lipinski definition) is 6. The number of rotatable bonds is 5. The van der Waals surface area contributed by atoms with Gasteiger partial charge in [-0.1, -0.05) is 47.6 Å². The summed E-state index contributed by atoms with van der Waals surface area (Å²) in [5.41, 5.74) is 2.18. The van der Waals surface area contributed by atoms with Crippen LogP contribution >= 0.6 is 0 Å². The molecule has 0 saturated heterocycles. The third-order valence-electron chi connectivity index (χ3n) is 5.04. The van der Waals surface area contributed by atoms with Crippen molar-refractivity contribution in [2.24, 2.45) is 10.2 Å². The second-order valence-electron chi connectivity index (χ2n) is 9.90. The molecule has 0 bridgehead atoms. The molecule has 0 atom stereocenters. The largest absolute Gasteiger partial charge is 0.507 e. The lowest BCUT2D eigenvalue weighted by Gasteiger charge is -2.27. The average Bonchev–Trinajstić information content (AvgIpc) is 2.72. The van der Waals surface area contributed by atoms with Crippen molar-refractivity contribution in [1.29, 1.82) is 0 Å². The van der Waals surface area contributed by atoms with Gasteiger partial charge in [0.05, 0.1) is 16.3 Å². The van der Waals surface area contributed by atoms with Crippen LogP contribution in [-0.4, -0.2) is 18.5 Å².